The molecule has 2 heterocycles. The minimum Gasteiger partial charge on any atom is -0.454 e. The Morgan fingerprint density at radius 3 is 2.59 bits per heavy atom. The Labute approximate surface area is 165 Å². The summed E-state index contributed by atoms with van der Waals surface area (Å²) in [6.45, 7) is 0. The first-order valence-electron chi connectivity index (χ1n) is 7.82. The molecule has 1 N–H and O–H groups in total. The Balaban J connectivity index is 1.71. The first-order valence-corrected chi connectivity index (χ1v) is 10.5. The van der Waals surface area contributed by atoms with E-state index in [1.807, 2.05) is 12.1 Å². The van der Waals surface area contributed by atoms with Crippen molar-refractivity contribution in [2.24, 2.45) is 0 Å². The molecule has 0 unspecified atom stereocenters. The first-order chi connectivity index (χ1) is 12.8. The minimum absolute atomic E-state index is 0.0922. The van der Waals surface area contributed by atoms with Gasteiger partial charge in [-0.2, -0.15) is 0 Å². The fourth-order valence-corrected chi connectivity index (χ4v) is 5.26. The molecule has 3 aromatic rings. The van der Waals surface area contributed by atoms with Gasteiger partial charge in [-0.3, -0.25) is 9.52 Å². The molecule has 2 aromatic carbocycles. The Bertz CT molecular complexity index is 1160. The summed E-state index contributed by atoms with van der Waals surface area (Å²) in [5.41, 5.74) is 1.15. The van der Waals surface area contributed by atoms with Crippen LogP contribution in [0, 0.1) is 0 Å². The van der Waals surface area contributed by atoms with Crippen molar-refractivity contribution < 1.29 is 17.9 Å². The Morgan fingerprint density at radius 2 is 1.85 bits per heavy atom. The highest BCUT2D eigenvalue weighted by Crippen LogP contribution is 2.39. The van der Waals surface area contributed by atoms with Crippen LogP contribution in [0.3, 0.4) is 0 Å². The molecule has 0 saturated heterocycles. The number of nitrogens with one attached hydrogen (secondary N) is 1. The lowest BCUT2D eigenvalue weighted by Gasteiger charge is -2.16. The molecule has 0 fully saturated rings. The third kappa shape index (κ3) is 3.27. The van der Waals surface area contributed by atoms with Gasteiger partial charge in [-0.25, -0.2) is 8.42 Å². The van der Waals surface area contributed by atoms with Crippen LogP contribution in [0.25, 0.3) is 0 Å². The molecule has 0 saturated carbocycles. The van der Waals surface area contributed by atoms with E-state index < -0.39 is 10.0 Å². The second-order valence-corrected chi connectivity index (χ2v) is 9.43. The summed E-state index contributed by atoms with van der Waals surface area (Å²) in [6, 6.07) is 14.7. The smallest absolute Gasteiger partial charge is 0.271 e. The van der Waals surface area contributed by atoms with E-state index in [2.05, 4.69) is 4.72 Å². The SMILES string of the molecule is CN1C(=O)c2cc(NS(=O)(=O)c3ccc(Cl)s3)ccc2Oc2ccccc21. The van der Waals surface area contributed by atoms with Crippen molar-refractivity contribution in [1.82, 2.24) is 0 Å². The summed E-state index contributed by atoms with van der Waals surface area (Å²) in [6.07, 6.45) is 0. The van der Waals surface area contributed by atoms with Gasteiger partial charge in [0, 0.05) is 12.7 Å². The van der Waals surface area contributed by atoms with Crippen molar-refractivity contribution in [3.8, 4) is 11.5 Å². The number of amides is 1. The molecule has 0 radical (unpaired) electrons. The molecule has 0 bridgehead atoms. The van der Waals surface area contributed by atoms with Crippen LogP contribution in [0.15, 0.2) is 58.8 Å². The average Bonchev–Trinajstić information content (AvgIpc) is 3.05. The Hall–Kier alpha value is -2.55. The molecule has 9 heteroatoms. The van der Waals surface area contributed by atoms with Gasteiger partial charge in [0.25, 0.3) is 15.9 Å². The highest BCUT2D eigenvalue weighted by atomic mass is 35.5. The van der Waals surface area contributed by atoms with Crippen LogP contribution in [-0.4, -0.2) is 21.4 Å². The predicted molar refractivity (Wildman–Crippen MR) is 106 cm³/mol. The van der Waals surface area contributed by atoms with Crippen LogP contribution in [0.1, 0.15) is 10.4 Å². The van der Waals surface area contributed by atoms with Crippen molar-refractivity contribution in [1.29, 1.82) is 0 Å². The normalized spacial score (nSPS) is 13.4. The molecule has 138 valence electrons. The molecular weight excluding hydrogens is 408 g/mol. The topological polar surface area (TPSA) is 75.7 Å². The molecule has 1 aliphatic heterocycles. The molecular formula is C18H13ClN2O4S2. The van der Waals surface area contributed by atoms with Gasteiger partial charge in [-0.05, 0) is 42.5 Å². The summed E-state index contributed by atoms with van der Waals surface area (Å²) in [5, 5.41) is 0. The lowest BCUT2D eigenvalue weighted by molar-refractivity contribution is 0.0993. The highest BCUT2D eigenvalue weighted by molar-refractivity contribution is 7.94. The second kappa shape index (κ2) is 6.56. The van der Waals surface area contributed by atoms with Gasteiger partial charge in [0.15, 0.2) is 5.75 Å². The number of benzene rings is 2. The predicted octanol–water partition coefficient (Wildman–Crippen LogP) is 4.58. The number of nitrogens with zero attached hydrogens (tertiary/aromatic N) is 1. The van der Waals surface area contributed by atoms with Crippen LogP contribution in [0.4, 0.5) is 11.4 Å². The van der Waals surface area contributed by atoms with Gasteiger partial charge < -0.3 is 9.64 Å². The van der Waals surface area contributed by atoms with E-state index in [0.29, 0.717) is 21.5 Å². The van der Waals surface area contributed by atoms with Crippen molar-refractivity contribution in [3.63, 3.8) is 0 Å². The summed E-state index contributed by atoms with van der Waals surface area (Å²) in [7, 11) is -2.15. The summed E-state index contributed by atoms with van der Waals surface area (Å²) in [4.78, 5) is 14.3. The Kier molecular flexibility index (Phi) is 4.33. The number of halogens is 1. The van der Waals surface area contributed by atoms with Crippen molar-refractivity contribution in [2.75, 3.05) is 16.7 Å². The van der Waals surface area contributed by atoms with Crippen LogP contribution >= 0.6 is 22.9 Å². The second-order valence-electron chi connectivity index (χ2n) is 5.81. The van der Waals surface area contributed by atoms with E-state index >= 15 is 0 Å². The number of hydrogen-bond donors (Lipinski definition) is 1. The van der Waals surface area contributed by atoms with Crippen molar-refractivity contribution in [2.45, 2.75) is 4.21 Å². The monoisotopic (exact) mass is 420 g/mol. The maximum absolute atomic E-state index is 12.8. The first kappa shape index (κ1) is 17.8. The van der Waals surface area contributed by atoms with E-state index in [0.717, 1.165) is 11.3 Å². The number of hydrogen-bond acceptors (Lipinski definition) is 5. The maximum atomic E-state index is 12.8. The number of thiophene rings is 1. The number of rotatable bonds is 3. The average molecular weight is 421 g/mol. The molecule has 0 spiro atoms. The van der Waals surface area contributed by atoms with Gasteiger partial charge >= 0.3 is 0 Å². The quantitative estimate of drug-likeness (QED) is 0.672. The third-order valence-electron chi connectivity index (χ3n) is 4.03. The number of sulfonamides is 1. The Morgan fingerprint density at radius 1 is 1.07 bits per heavy atom. The lowest BCUT2D eigenvalue weighted by Crippen LogP contribution is -2.25. The van der Waals surface area contributed by atoms with E-state index in [-0.39, 0.29) is 21.4 Å². The number of para-hydroxylation sites is 2. The van der Waals surface area contributed by atoms with E-state index in [1.165, 1.54) is 23.1 Å². The fraction of sp³-hybridized carbons (Fsp3) is 0.0556. The standard InChI is InChI=1S/C18H13ClN2O4S2/c1-21-13-4-2-3-5-15(13)25-14-7-6-11(10-12(14)18(21)22)20-27(23,24)17-9-8-16(19)26-17/h2-10,20H,1H3. The van der Waals surface area contributed by atoms with Crippen LogP contribution in [-0.2, 0) is 10.0 Å². The zero-order chi connectivity index (χ0) is 19.2. The zero-order valence-corrected chi connectivity index (χ0v) is 16.4. The molecule has 4 rings (SSSR count). The van der Waals surface area contributed by atoms with Crippen LogP contribution < -0.4 is 14.4 Å². The number of ether oxygens (including phenoxy) is 1. The summed E-state index contributed by atoms with van der Waals surface area (Å²) < 4.78 is 33.8. The lowest BCUT2D eigenvalue weighted by atomic mass is 10.1. The molecule has 0 atom stereocenters. The van der Waals surface area contributed by atoms with E-state index in [1.54, 1.807) is 31.3 Å². The van der Waals surface area contributed by atoms with Crippen LogP contribution in [0.5, 0.6) is 11.5 Å². The van der Waals surface area contributed by atoms with Gasteiger partial charge in [0.1, 0.15) is 9.96 Å². The van der Waals surface area contributed by atoms with Crippen molar-refractivity contribution >= 4 is 50.2 Å². The minimum atomic E-state index is -3.79. The molecule has 27 heavy (non-hydrogen) atoms. The fourth-order valence-electron chi connectivity index (χ4n) is 2.73. The molecule has 1 aromatic heterocycles. The zero-order valence-electron chi connectivity index (χ0n) is 14.0. The number of carbonyl (C=O) groups excluding carboxylic acids is 1. The molecule has 1 aliphatic rings. The van der Waals surface area contributed by atoms with Crippen LogP contribution in [0.2, 0.25) is 4.34 Å². The van der Waals surface area contributed by atoms with Gasteiger partial charge in [-0.15, -0.1) is 11.3 Å². The maximum Gasteiger partial charge on any atom is 0.271 e. The molecule has 1 amide bonds. The largest absolute Gasteiger partial charge is 0.454 e. The summed E-state index contributed by atoms with van der Waals surface area (Å²) >= 11 is 6.78. The van der Waals surface area contributed by atoms with Gasteiger partial charge in [0.2, 0.25) is 0 Å². The van der Waals surface area contributed by atoms with Gasteiger partial charge in [0.05, 0.1) is 15.6 Å². The number of anilines is 2. The highest BCUT2D eigenvalue weighted by Gasteiger charge is 2.26. The number of carbonyl (C=O) groups is 1. The third-order valence-corrected chi connectivity index (χ3v) is 7.13. The molecule has 0 aliphatic carbocycles. The van der Waals surface area contributed by atoms with E-state index in [4.69, 9.17) is 16.3 Å². The number of fused-ring (bicyclic) bond motifs is 2. The van der Waals surface area contributed by atoms with Gasteiger partial charge in [-0.1, -0.05) is 23.7 Å². The summed E-state index contributed by atoms with van der Waals surface area (Å²) in [5.74, 6) is 0.614. The molecule has 6 nitrogen and oxygen atoms in total. The van der Waals surface area contributed by atoms with Crippen molar-refractivity contribution in [3.05, 3.63) is 64.5 Å². The van der Waals surface area contributed by atoms with E-state index in [9.17, 15) is 13.2 Å².